The highest BCUT2D eigenvalue weighted by Crippen LogP contribution is 2.25. The molecule has 0 bridgehead atoms. The molecule has 8 heteroatoms. The first-order valence-electron chi connectivity index (χ1n) is 12.7. The van der Waals surface area contributed by atoms with Crippen LogP contribution in [-0.2, 0) is 9.47 Å². The summed E-state index contributed by atoms with van der Waals surface area (Å²) < 4.78 is 23.3. The fourth-order valence-corrected chi connectivity index (χ4v) is 3.58. The molecule has 37 heavy (non-hydrogen) atoms. The molecule has 0 aliphatic carbocycles. The fourth-order valence-electron chi connectivity index (χ4n) is 3.58. The van der Waals surface area contributed by atoms with Crippen LogP contribution < -0.4 is 20.1 Å². The summed E-state index contributed by atoms with van der Waals surface area (Å²) in [7, 11) is 0. The molecule has 0 amide bonds. The number of rotatable bonds is 16. The number of hydrogen-bond acceptors (Lipinski definition) is 8. The van der Waals surface area contributed by atoms with E-state index < -0.39 is 0 Å². The molecule has 0 saturated carbocycles. The molecule has 3 aromatic rings. The maximum absolute atomic E-state index is 9.86. The van der Waals surface area contributed by atoms with Gasteiger partial charge < -0.3 is 29.6 Å². The first-order valence-corrected chi connectivity index (χ1v) is 12.7. The summed E-state index contributed by atoms with van der Waals surface area (Å²) in [5.74, 6) is 2.11. The van der Waals surface area contributed by atoms with Gasteiger partial charge >= 0.3 is 0 Å². The molecule has 0 spiro atoms. The molecule has 196 valence electrons. The molecule has 0 saturated heterocycles. The summed E-state index contributed by atoms with van der Waals surface area (Å²) in [6.07, 6.45) is 2.63. The first kappa shape index (κ1) is 27.8. The number of nitrogens with one attached hydrogen (secondary N) is 2. The minimum Gasteiger partial charge on any atom is -0.491 e. The van der Waals surface area contributed by atoms with Crippen molar-refractivity contribution in [1.82, 2.24) is 4.98 Å². The number of aromatic nitrogens is 1. The van der Waals surface area contributed by atoms with E-state index in [-0.39, 0.29) is 12.5 Å². The summed E-state index contributed by atoms with van der Waals surface area (Å²) in [4.78, 5) is 4.51. The van der Waals surface area contributed by atoms with Crippen molar-refractivity contribution in [3.63, 3.8) is 0 Å². The predicted molar refractivity (Wildman–Crippen MR) is 145 cm³/mol. The lowest BCUT2D eigenvalue weighted by Crippen LogP contribution is -2.27. The van der Waals surface area contributed by atoms with Gasteiger partial charge in [0.05, 0.1) is 30.7 Å². The third-order valence-electron chi connectivity index (χ3n) is 5.63. The van der Waals surface area contributed by atoms with E-state index in [0.717, 1.165) is 29.2 Å². The number of pyridine rings is 1. The molecular formula is C29H36N4O4. The van der Waals surface area contributed by atoms with Crippen LogP contribution in [-0.4, -0.2) is 43.9 Å². The van der Waals surface area contributed by atoms with E-state index >= 15 is 0 Å². The van der Waals surface area contributed by atoms with Crippen molar-refractivity contribution < 1.29 is 18.9 Å². The van der Waals surface area contributed by atoms with E-state index in [0.29, 0.717) is 44.2 Å². The second kappa shape index (κ2) is 15.3. The van der Waals surface area contributed by atoms with Crippen LogP contribution in [0.2, 0.25) is 0 Å². The Labute approximate surface area is 219 Å². The van der Waals surface area contributed by atoms with Gasteiger partial charge in [0.25, 0.3) is 0 Å². The number of nitrogens with zero attached hydrogens (tertiary/aromatic N) is 2. The summed E-state index contributed by atoms with van der Waals surface area (Å²) in [6, 6.07) is 21.5. The molecule has 2 atom stereocenters. The summed E-state index contributed by atoms with van der Waals surface area (Å²) in [5.41, 5.74) is 2.02. The van der Waals surface area contributed by atoms with Gasteiger partial charge in [0.2, 0.25) is 0 Å². The van der Waals surface area contributed by atoms with Crippen LogP contribution in [0.1, 0.15) is 37.8 Å². The molecule has 2 aromatic carbocycles. The van der Waals surface area contributed by atoms with Gasteiger partial charge in [-0.3, -0.25) is 0 Å². The maximum Gasteiger partial charge on any atom is 0.146 e. The average molecular weight is 505 g/mol. The molecule has 2 N–H and O–H groups in total. The highest BCUT2D eigenvalue weighted by molar-refractivity contribution is 5.65. The number of anilines is 2. The lowest BCUT2D eigenvalue weighted by molar-refractivity contribution is 0.0474. The van der Waals surface area contributed by atoms with Crippen LogP contribution >= 0.6 is 0 Å². The molecule has 2 unspecified atom stereocenters. The molecule has 3 rings (SSSR count). The Morgan fingerprint density at radius 3 is 1.78 bits per heavy atom. The second-order valence-electron chi connectivity index (χ2n) is 8.28. The van der Waals surface area contributed by atoms with Gasteiger partial charge in [-0.2, -0.15) is 5.26 Å². The monoisotopic (exact) mass is 504 g/mol. The topological polar surface area (TPSA) is 97.7 Å². The number of nitriles is 1. The van der Waals surface area contributed by atoms with Crippen molar-refractivity contribution in [2.75, 3.05) is 37.1 Å². The van der Waals surface area contributed by atoms with Crippen molar-refractivity contribution in [3.8, 4) is 17.6 Å². The largest absolute Gasteiger partial charge is 0.491 e. The second-order valence-corrected chi connectivity index (χ2v) is 8.28. The van der Waals surface area contributed by atoms with Crippen molar-refractivity contribution in [3.05, 3.63) is 78.0 Å². The van der Waals surface area contributed by atoms with Crippen molar-refractivity contribution in [1.29, 1.82) is 5.26 Å². The Kier molecular flexibility index (Phi) is 11.5. The van der Waals surface area contributed by atoms with Crippen LogP contribution in [0.3, 0.4) is 0 Å². The highest BCUT2D eigenvalue weighted by Gasteiger charge is 2.17. The number of para-hydroxylation sites is 2. The molecule has 0 aliphatic heterocycles. The third kappa shape index (κ3) is 8.98. The smallest absolute Gasteiger partial charge is 0.146 e. The van der Waals surface area contributed by atoms with Gasteiger partial charge in [-0.25, -0.2) is 4.98 Å². The zero-order valence-electron chi connectivity index (χ0n) is 21.8. The molecular weight excluding hydrogens is 468 g/mol. The van der Waals surface area contributed by atoms with Crippen molar-refractivity contribution in [2.45, 2.75) is 46.1 Å². The van der Waals surface area contributed by atoms with Crippen LogP contribution in [0.15, 0.2) is 66.9 Å². The minimum absolute atomic E-state index is 0.235. The van der Waals surface area contributed by atoms with Gasteiger partial charge in [0.1, 0.15) is 49.1 Å². The first-order chi connectivity index (χ1) is 18.1. The lowest BCUT2D eigenvalue weighted by atomic mass is 10.1. The number of ether oxygens (including phenoxy) is 4. The van der Waals surface area contributed by atoms with E-state index in [9.17, 15) is 5.26 Å². The van der Waals surface area contributed by atoms with Gasteiger partial charge in [-0.1, -0.05) is 50.2 Å². The Bertz CT molecular complexity index is 1110. The van der Waals surface area contributed by atoms with Crippen LogP contribution in [0.25, 0.3) is 0 Å². The molecule has 0 fully saturated rings. The summed E-state index contributed by atoms with van der Waals surface area (Å²) >= 11 is 0. The normalized spacial score (nSPS) is 12.3. The van der Waals surface area contributed by atoms with Crippen LogP contribution in [0, 0.1) is 18.3 Å². The van der Waals surface area contributed by atoms with Gasteiger partial charge in [-0.15, -0.1) is 0 Å². The third-order valence-corrected chi connectivity index (χ3v) is 5.63. The van der Waals surface area contributed by atoms with Crippen LogP contribution in [0.5, 0.6) is 11.5 Å². The Morgan fingerprint density at radius 2 is 1.30 bits per heavy atom. The molecule has 0 radical (unpaired) electrons. The Hall–Kier alpha value is -3.80. The molecule has 1 heterocycles. The van der Waals surface area contributed by atoms with Gasteiger partial charge in [0, 0.05) is 0 Å². The molecule has 1 aromatic heterocycles. The van der Waals surface area contributed by atoms with Crippen LogP contribution in [0.4, 0.5) is 11.5 Å². The van der Waals surface area contributed by atoms with Crippen molar-refractivity contribution in [2.24, 2.45) is 0 Å². The number of benzene rings is 2. The zero-order valence-corrected chi connectivity index (χ0v) is 21.8. The molecule has 0 aliphatic rings. The fraction of sp³-hybridized carbons (Fsp3) is 0.379. The van der Waals surface area contributed by atoms with Crippen molar-refractivity contribution >= 4 is 11.5 Å². The lowest BCUT2D eigenvalue weighted by Gasteiger charge is -2.23. The van der Waals surface area contributed by atoms with E-state index in [2.05, 4.69) is 21.7 Å². The van der Waals surface area contributed by atoms with Gasteiger partial charge in [-0.05, 0) is 49.6 Å². The zero-order chi connectivity index (χ0) is 26.3. The Morgan fingerprint density at radius 1 is 0.784 bits per heavy atom. The number of hydrogen-bond donors (Lipinski definition) is 2. The summed E-state index contributed by atoms with van der Waals surface area (Å²) in [5, 5.41) is 16.5. The SMILES string of the molecule is CCC(Nc1cnc(NC(CC)OCCOc2ccccc2)c(C#N)c1C)OCCOc1ccccc1. The van der Waals surface area contributed by atoms with Gasteiger partial charge in [0.15, 0.2) is 0 Å². The quantitative estimate of drug-likeness (QED) is 0.188. The summed E-state index contributed by atoms with van der Waals surface area (Å²) in [6.45, 7) is 7.65. The standard InChI is InChI=1S/C29H36N4O4/c1-4-27(36-18-16-34-23-12-8-6-9-13-23)32-26-21-31-29(25(20-30)22(26)3)33-28(5-2)37-19-17-35-24-14-10-7-11-15-24/h6-15,21,27-28,32H,4-5,16-19H2,1-3H3,(H,31,33). The van der Waals surface area contributed by atoms with E-state index in [4.69, 9.17) is 18.9 Å². The Balaban J connectivity index is 1.51. The highest BCUT2D eigenvalue weighted by atomic mass is 16.5. The molecule has 8 nitrogen and oxygen atoms in total. The van der Waals surface area contributed by atoms with E-state index in [1.807, 2.05) is 81.4 Å². The average Bonchev–Trinajstić information content (AvgIpc) is 2.94. The predicted octanol–water partition coefficient (Wildman–Crippen LogP) is 5.75. The maximum atomic E-state index is 9.86. The minimum atomic E-state index is -0.298. The van der Waals surface area contributed by atoms with E-state index in [1.54, 1.807) is 6.20 Å². The van der Waals surface area contributed by atoms with E-state index in [1.165, 1.54) is 0 Å².